The molecule has 2 N–H and O–H groups in total. The van der Waals surface area contributed by atoms with Crippen molar-refractivity contribution in [3.05, 3.63) is 0 Å². The molecule has 0 heterocycles. The third kappa shape index (κ3) is 12.9. The maximum Gasteiger partial charge on any atom is 2.00 e. The van der Waals surface area contributed by atoms with E-state index in [1.54, 1.807) is 0 Å². The zero-order valence-electron chi connectivity index (χ0n) is 2.10. The van der Waals surface area contributed by atoms with E-state index in [0.29, 0.717) is 0 Å². The van der Waals surface area contributed by atoms with Crippen molar-refractivity contribution in [2.24, 2.45) is 0 Å². The van der Waals surface area contributed by atoms with Crippen LogP contribution < -0.4 is 0 Å². The largest absolute Gasteiger partial charge is 2.00 e. The predicted molar refractivity (Wildman–Crippen MR) is 15.4 cm³/mol. The van der Waals surface area contributed by atoms with E-state index in [2.05, 4.69) is 0 Å². The van der Waals surface area contributed by atoms with Crippen molar-refractivity contribution in [1.82, 2.24) is 0 Å². The van der Waals surface area contributed by atoms with Crippen LogP contribution in [0.25, 0.3) is 0 Å². The Hall–Kier alpha value is 0.903. The van der Waals surface area contributed by atoms with E-state index in [1.165, 1.54) is 0 Å². The molecule has 0 unspecified atom stereocenters. The third-order valence-corrected chi connectivity index (χ3v) is 0. The fourth-order valence-electron chi connectivity index (χ4n) is 0. The van der Waals surface area contributed by atoms with E-state index in [4.69, 9.17) is 0 Å². The van der Waals surface area contributed by atoms with Crippen LogP contribution in [0.4, 0.5) is 0 Å². The number of hydrogen-bond donors (Lipinski definition) is 0. The van der Waals surface area contributed by atoms with E-state index in [1.807, 2.05) is 0 Å². The molecular weight excluding hydrogens is 84.4 g/mol. The van der Waals surface area contributed by atoms with Crippen LogP contribution in [-0.2, 0) is 0 Å². The standard InChI is InChI=1S/Mg.2H2O.Si/h;2*1H2;/q+2;;;/p-2. The maximum atomic E-state index is 0. The van der Waals surface area contributed by atoms with Crippen LogP contribution in [0, 0.1) is 0 Å². The summed E-state index contributed by atoms with van der Waals surface area (Å²) < 4.78 is 0. The van der Waals surface area contributed by atoms with Crippen LogP contribution in [0.2, 0.25) is 0 Å². The first-order valence-electron chi connectivity index (χ1n) is 0. The number of rotatable bonds is 0. The molecule has 0 aromatic heterocycles. The van der Waals surface area contributed by atoms with Gasteiger partial charge < -0.3 is 11.0 Å². The first-order valence-corrected chi connectivity index (χ1v) is 0. The fourth-order valence-corrected chi connectivity index (χ4v) is 0. The molecule has 0 aliphatic heterocycles. The normalized spacial score (nSPS) is 0. The van der Waals surface area contributed by atoms with Gasteiger partial charge in [-0.05, 0) is 0 Å². The van der Waals surface area contributed by atoms with Gasteiger partial charge >= 0.3 is 23.1 Å². The van der Waals surface area contributed by atoms with Crippen molar-refractivity contribution in [2.45, 2.75) is 0 Å². The second-order valence-electron chi connectivity index (χ2n) is 0. The van der Waals surface area contributed by atoms with Crippen molar-refractivity contribution in [2.75, 3.05) is 0 Å². The number of hydrogen-bond acceptors (Lipinski definition) is 2. The molecule has 4 heavy (non-hydrogen) atoms. The van der Waals surface area contributed by atoms with Crippen molar-refractivity contribution in [3.63, 3.8) is 0 Å². The van der Waals surface area contributed by atoms with Crippen LogP contribution in [0.3, 0.4) is 0 Å². The molecule has 0 spiro atoms. The zero-order valence-corrected chi connectivity index (χ0v) is 4.52. The minimum Gasteiger partial charge on any atom is -0.870 e. The van der Waals surface area contributed by atoms with Gasteiger partial charge in [0.25, 0.3) is 0 Å². The van der Waals surface area contributed by atoms with Crippen LogP contribution in [0.1, 0.15) is 0 Å². The Morgan fingerprint density at radius 3 is 0.750 bits per heavy atom. The molecule has 0 bridgehead atoms. The smallest absolute Gasteiger partial charge is 0.870 e. The second-order valence-corrected chi connectivity index (χ2v) is 0. The van der Waals surface area contributed by atoms with Crippen molar-refractivity contribution >= 4 is 34.0 Å². The third-order valence-electron chi connectivity index (χ3n) is 0. The van der Waals surface area contributed by atoms with Crippen LogP contribution in [0.5, 0.6) is 0 Å². The zero-order chi connectivity index (χ0) is 0. The summed E-state index contributed by atoms with van der Waals surface area (Å²) in [5.74, 6) is 0. The average Bonchev–Trinajstić information content (AvgIpc) is 0. The molecule has 0 aromatic rings. The van der Waals surface area contributed by atoms with E-state index >= 15 is 0 Å². The Bertz CT molecular complexity index is 6.00. The Balaban J connectivity index is 0. The van der Waals surface area contributed by atoms with E-state index < -0.39 is 0 Å². The first kappa shape index (κ1) is 91.6. The van der Waals surface area contributed by atoms with Crippen molar-refractivity contribution in [3.8, 4) is 0 Å². The van der Waals surface area contributed by atoms with Crippen LogP contribution >= 0.6 is 0 Å². The van der Waals surface area contributed by atoms with Gasteiger partial charge in [0.1, 0.15) is 0 Å². The SMILES string of the molecule is [Mg+2].[OH-].[OH-].[Si]. The molecule has 4 heteroatoms. The van der Waals surface area contributed by atoms with E-state index in [9.17, 15) is 0 Å². The molecule has 0 saturated heterocycles. The van der Waals surface area contributed by atoms with Gasteiger partial charge in [0.05, 0.1) is 0 Å². The summed E-state index contributed by atoms with van der Waals surface area (Å²) in [7, 11) is 0. The van der Waals surface area contributed by atoms with Gasteiger partial charge in [-0.2, -0.15) is 0 Å². The summed E-state index contributed by atoms with van der Waals surface area (Å²) in [5, 5.41) is 0. The van der Waals surface area contributed by atoms with Crippen LogP contribution in [-0.4, -0.2) is 45.0 Å². The van der Waals surface area contributed by atoms with Gasteiger partial charge in [-0.1, -0.05) is 0 Å². The minimum atomic E-state index is 0. The molecule has 4 radical (unpaired) electrons. The molecule has 0 aliphatic rings. The van der Waals surface area contributed by atoms with Gasteiger partial charge in [-0.25, -0.2) is 0 Å². The Labute approximate surface area is 45.4 Å². The summed E-state index contributed by atoms with van der Waals surface area (Å²) in [4.78, 5) is 0. The molecule has 2 nitrogen and oxygen atoms in total. The van der Waals surface area contributed by atoms with Crippen LogP contribution in [0.15, 0.2) is 0 Å². The van der Waals surface area contributed by atoms with Gasteiger partial charge in [0.15, 0.2) is 0 Å². The molecule has 0 atom stereocenters. The van der Waals surface area contributed by atoms with Crippen molar-refractivity contribution in [1.29, 1.82) is 0 Å². The summed E-state index contributed by atoms with van der Waals surface area (Å²) in [6.07, 6.45) is 0. The fraction of sp³-hybridized carbons (Fsp3) is 0. The molecular formula is H2MgO2Si. The average molecular weight is 86.4 g/mol. The molecule has 0 aromatic carbocycles. The monoisotopic (exact) mass is 86.0 g/mol. The van der Waals surface area contributed by atoms with Crippen molar-refractivity contribution < 1.29 is 11.0 Å². The summed E-state index contributed by atoms with van der Waals surface area (Å²) >= 11 is 0. The molecule has 0 rings (SSSR count). The van der Waals surface area contributed by atoms with Gasteiger partial charge in [-0.3, -0.25) is 0 Å². The minimum absolute atomic E-state index is 0. The van der Waals surface area contributed by atoms with Gasteiger partial charge in [-0.15, -0.1) is 0 Å². The molecule has 0 fully saturated rings. The predicted octanol–water partition coefficient (Wildman–Crippen LogP) is -1.12. The van der Waals surface area contributed by atoms with Gasteiger partial charge in [0.2, 0.25) is 0 Å². The summed E-state index contributed by atoms with van der Waals surface area (Å²) in [6, 6.07) is 0. The molecule has 0 aliphatic carbocycles. The topological polar surface area (TPSA) is 60.0 Å². The molecule has 20 valence electrons. The Kier molecular flexibility index (Phi) is 923. The quantitative estimate of drug-likeness (QED) is 0.351. The maximum absolute atomic E-state index is 0. The molecule has 0 saturated carbocycles. The first-order chi connectivity index (χ1) is 0. The molecule has 0 amide bonds. The second kappa shape index (κ2) is 40.3. The Morgan fingerprint density at radius 1 is 0.750 bits per heavy atom. The van der Waals surface area contributed by atoms with Gasteiger partial charge in [0, 0.05) is 11.0 Å². The van der Waals surface area contributed by atoms with E-state index in [0.717, 1.165) is 0 Å². The van der Waals surface area contributed by atoms with E-state index in [-0.39, 0.29) is 45.0 Å². The Morgan fingerprint density at radius 2 is 0.750 bits per heavy atom. The summed E-state index contributed by atoms with van der Waals surface area (Å²) in [6.45, 7) is 0. The summed E-state index contributed by atoms with van der Waals surface area (Å²) in [5.41, 5.74) is 0.